The molecule has 4 rings (SSSR count). The summed E-state index contributed by atoms with van der Waals surface area (Å²) in [6.45, 7) is 3.68. The van der Waals surface area contributed by atoms with Crippen molar-refractivity contribution in [3.63, 3.8) is 0 Å². The summed E-state index contributed by atoms with van der Waals surface area (Å²) in [7, 11) is 3.18. The van der Waals surface area contributed by atoms with Crippen molar-refractivity contribution in [1.82, 2.24) is 14.8 Å². The Balaban J connectivity index is 0.00000324. The van der Waals surface area contributed by atoms with E-state index in [9.17, 15) is 9.18 Å². The zero-order valence-electron chi connectivity index (χ0n) is 19.1. The smallest absolute Gasteiger partial charge is 0.246 e. The van der Waals surface area contributed by atoms with Gasteiger partial charge in [0.25, 0.3) is 0 Å². The van der Waals surface area contributed by atoms with Gasteiger partial charge in [0.05, 0.1) is 26.5 Å². The van der Waals surface area contributed by atoms with Crippen LogP contribution < -0.4 is 9.47 Å². The number of hydrogen-bond acceptors (Lipinski definition) is 6. The summed E-state index contributed by atoms with van der Waals surface area (Å²) in [4.78, 5) is 21.5. The SMILES string of the molecule is COc1ccc(C=CC(=O)N2CCN(Cc3nc(-c4ccc(F)cc4)cs3)CC2)cc1OC.Cl. The molecule has 0 radical (unpaired) electrons. The molecule has 2 aromatic carbocycles. The van der Waals surface area contributed by atoms with E-state index in [0.717, 1.165) is 41.5 Å². The van der Waals surface area contributed by atoms with Crippen LogP contribution in [-0.2, 0) is 11.3 Å². The molecular weight excluding hydrogens is 477 g/mol. The number of thiazole rings is 1. The van der Waals surface area contributed by atoms with Gasteiger partial charge in [-0.2, -0.15) is 0 Å². The first-order valence-corrected chi connectivity index (χ1v) is 11.6. The number of carbonyl (C=O) groups is 1. The Kier molecular flexibility index (Phi) is 9.04. The fourth-order valence-corrected chi connectivity index (χ4v) is 4.53. The van der Waals surface area contributed by atoms with Crippen LogP contribution in [0.25, 0.3) is 17.3 Å². The quantitative estimate of drug-likeness (QED) is 0.436. The molecule has 1 aliphatic rings. The fourth-order valence-electron chi connectivity index (χ4n) is 3.68. The first kappa shape index (κ1) is 25.7. The Morgan fingerprint density at radius 1 is 1.06 bits per heavy atom. The summed E-state index contributed by atoms with van der Waals surface area (Å²) < 4.78 is 23.7. The van der Waals surface area contributed by atoms with Crippen LogP contribution >= 0.6 is 23.7 Å². The van der Waals surface area contributed by atoms with E-state index in [0.29, 0.717) is 24.6 Å². The maximum Gasteiger partial charge on any atom is 0.246 e. The molecule has 2 heterocycles. The minimum Gasteiger partial charge on any atom is -0.493 e. The number of halogens is 2. The first-order valence-electron chi connectivity index (χ1n) is 10.7. The number of carbonyl (C=O) groups excluding carboxylic acids is 1. The molecule has 0 saturated carbocycles. The van der Waals surface area contributed by atoms with E-state index in [1.807, 2.05) is 28.5 Å². The van der Waals surface area contributed by atoms with Gasteiger partial charge in [0.1, 0.15) is 10.8 Å². The maximum absolute atomic E-state index is 13.1. The average Bonchev–Trinajstić information content (AvgIpc) is 3.31. The van der Waals surface area contributed by atoms with Crippen molar-refractivity contribution >= 4 is 35.7 Å². The van der Waals surface area contributed by atoms with Gasteiger partial charge in [0.2, 0.25) is 5.91 Å². The van der Waals surface area contributed by atoms with E-state index < -0.39 is 0 Å². The fraction of sp³-hybridized carbons (Fsp3) is 0.280. The number of aromatic nitrogens is 1. The molecule has 0 N–H and O–H groups in total. The Hall–Kier alpha value is -2.94. The van der Waals surface area contributed by atoms with Crippen molar-refractivity contribution in [3.8, 4) is 22.8 Å². The lowest BCUT2D eigenvalue weighted by molar-refractivity contribution is -0.127. The van der Waals surface area contributed by atoms with Crippen molar-refractivity contribution in [2.24, 2.45) is 0 Å². The van der Waals surface area contributed by atoms with E-state index >= 15 is 0 Å². The molecule has 1 saturated heterocycles. The van der Waals surface area contributed by atoms with Crippen LogP contribution in [0.2, 0.25) is 0 Å². The standard InChI is InChI=1S/C25H26FN3O3S.ClH/c1-31-22-9-3-18(15-23(22)32-2)4-10-25(30)29-13-11-28(12-14-29)16-24-27-21(17-33-24)19-5-7-20(26)8-6-19;/h3-10,15,17H,11-14,16H2,1-2H3;1H. The summed E-state index contributed by atoms with van der Waals surface area (Å²) in [6.07, 6.45) is 3.40. The summed E-state index contributed by atoms with van der Waals surface area (Å²) in [6, 6.07) is 11.9. The normalized spacial score (nSPS) is 14.1. The predicted molar refractivity (Wildman–Crippen MR) is 135 cm³/mol. The Bertz CT molecular complexity index is 1130. The zero-order chi connectivity index (χ0) is 23.2. The lowest BCUT2D eigenvalue weighted by Crippen LogP contribution is -2.47. The third-order valence-corrected chi connectivity index (χ3v) is 6.39. The van der Waals surface area contributed by atoms with Gasteiger partial charge in [-0.15, -0.1) is 23.7 Å². The van der Waals surface area contributed by atoms with Crippen LogP contribution in [0.3, 0.4) is 0 Å². The molecule has 0 atom stereocenters. The molecule has 180 valence electrons. The molecule has 0 spiro atoms. The van der Waals surface area contributed by atoms with Gasteiger partial charge in [-0.3, -0.25) is 9.69 Å². The van der Waals surface area contributed by atoms with Crippen LogP contribution in [0.5, 0.6) is 11.5 Å². The molecule has 3 aromatic rings. The second-order valence-electron chi connectivity index (χ2n) is 7.68. The van der Waals surface area contributed by atoms with Gasteiger partial charge in [-0.05, 0) is 48.0 Å². The van der Waals surface area contributed by atoms with Gasteiger partial charge >= 0.3 is 0 Å². The topological polar surface area (TPSA) is 54.9 Å². The summed E-state index contributed by atoms with van der Waals surface area (Å²) in [5.74, 6) is 1.03. The largest absolute Gasteiger partial charge is 0.493 e. The number of hydrogen-bond donors (Lipinski definition) is 0. The van der Waals surface area contributed by atoms with Crippen molar-refractivity contribution in [2.45, 2.75) is 6.54 Å². The summed E-state index contributed by atoms with van der Waals surface area (Å²) >= 11 is 1.60. The number of amides is 1. The molecule has 1 amide bonds. The molecule has 1 aromatic heterocycles. The average molecular weight is 504 g/mol. The van der Waals surface area contributed by atoms with Crippen molar-refractivity contribution in [3.05, 3.63) is 70.3 Å². The lowest BCUT2D eigenvalue weighted by Gasteiger charge is -2.33. The summed E-state index contributed by atoms with van der Waals surface area (Å²) in [5, 5.41) is 3.02. The molecule has 34 heavy (non-hydrogen) atoms. The maximum atomic E-state index is 13.1. The van der Waals surface area contributed by atoms with Gasteiger partial charge in [0.15, 0.2) is 11.5 Å². The van der Waals surface area contributed by atoms with E-state index in [1.54, 1.807) is 49.8 Å². The molecule has 0 bridgehead atoms. The highest BCUT2D eigenvalue weighted by atomic mass is 35.5. The van der Waals surface area contributed by atoms with Gasteiger partial charge in [-0.25, -0.2) is 9.37 Å². The minimum atomic E-state index is -0.250. The van der Waals surface area contributed by atoms with Crippen LogP contribution in [0, 0.1) is 5.82 Å². The number of methoxy groups -OCH3 is 2. The minimum absolute atomic E-state index is 0. The number of ether oxygens (including phenoxy) is 2. The highest BCUT2D eigenvalue weighted by Gasteiger charge is 2.20. The van der Waals surface area contributed by atoms with Gasteiger partial charge in [-0.1, -0.05) is 6.07 Å². The van der Waals surface area contributed by atoms with Crippen LogP contribution in [0.15, 0.2) is 53.9 Å². The molecular formula is C25H27ClFN3O3S. The number of piperazine rings is 1. The van der Waals surface area contributed by atoms with E-state index in [-0.39, 0.29) is 24.1 Å². The monoisotopic (exact) mass is 503 g/mol. The van der Waals surface area contributed by atoms with Gasteiger partial charge in [0, 0.05) is 43.2 Å². The predicted octanol–water partition coefficient (Wildman–Crippen LogP) is 4.75. The highest BCUT2D eigenvalue weighted by molar-refractivity contribution is 7.09. The van der Waals surface area contributed by atoms with Gasteiger partial charge < -0.3 is 14.4 Å². The van der Waals surface area contributed by atoms with E-state index in [2.05, 4.69) is 4.90 Å². The Morgan fingerprint density at radius 3 is 2.44 bits per heavy atom. The molecule has 6 nitrogen and oxygen atoms in total. The third kappa shape index (κ3) is 6.34. The Labute approximate surface area is 209 Å². The number of rotatable bonds is 7. The van der Waals surface area contributed by atoms with E-state index in [4.69, 9.17) is 14.5 Å². The molecule has 0 unspecified atom stereocenters. The lowest BCUT2D eigenvalue weighted by atomic mass is 10.2. The second kappa shape index (κ2) is 12.0. The second-order valence-corrected chi connectivity index (χ2v) is 8.63. The molecule has 1 fully saturated rings. The van der Waals surface area contributed by atoms with Crippen molar-refractivity contribution in [1.29, 1.82) is 0 Å². The zero-order valence-corrected chi connectivity index (χ0v) is 20.7. The molecule has 9 heteroatoms. The summed E-state index contributed by atoms with van der Waals surface area (Å²) in [5.41, 5.74) is 2.65. The Morgan fingerprint density at radius 2 is 1.76 bits per heavy atom. The van der Waals surface area contributed by atoms with Crippen LogP contribution in [0.1, 0.15) is 10.6 Å². The van der Waals surface area contributed by atoms with Crippen LogP contribution in [0.4, 0.5) is 4.39 Å². The number of nitrogens with zero attached hydrogens (tertiary/aromatic N) is 3. The van der Waals surface area contributed by atoms with E-state index in [1.165, 1.54) is 12.1 Å². The third-order valence-electron chi connectivity index (χ3n) is 5.56. The van der Waals surface area contributed by atoms with Crippen LogP contribution in [-0.4, -0.2) is 61.1 Å². The molecule has 0 aliphatic carbocycles. The first-order chi connectivity index (χ1) is 16.1. The molecule has 1 aliphatic heterocycles. The number of benzene rings is 2. The highest BCUT2D eigenvalue weighted by Crippen LogP contribution is 2.28. The van der Waals surface area contributed by atoms with Crippen molar-refractivity contribution in [2.75, 3.05) is 40.4 Å². The van der Waals surface area contributed by atoms with Crippen molar-refractivity contribution < 1.29 is 18.7 Å².